The van der Waals surface area contributed by atoms with Crippen molar-refractivity contribution in [2.75, 3.05) is 0 Å². The quantitative estimate of drug-likeness (QED) is 0.909. The van der Waals surface area contributed by atoms with Gasteiger partial charge in [0.1, 0.15) is 5.03 Å². The molecule has 2 aromatic heterocycles. The van der Waals surface area contributed by atoms with Crippen molar-refractivity contribution in [2.45, 2.75) is 43.0 Å². The van der Waals surface area contributed by atoms with E-state index in [9.17, 15) is 0 Å². The average Bonchev–Trinajstić information content (AvgIpc) is 2.97. The number of pyridine rings is 1. The van der Waals surface area contributed by atoms with Crippen LogP contribution >= 0.6 is 11.8 Å². The molecule has 0 bridgehead atoms. The zero-order valence-electron chi connectivity index (χ0n) is 10.1. The highest BCUT2D eigenvalue weighted by atomic mass is 32.2. The Labute approximate surface area is 109 Å². The summed E-state index contributed by atoms with van der Waals surface area (Å²) in [5, 5.41) is 9.20. The first kappa shape index (κ1) is 11.7. The van der Waals surface area contributed by atoms with Gasteiger partial charge in [0.2, 0.25) is 5.89 Å². The van der Waals surface area contributed by atoms with Gasteiger partial charge < -0.3 is 10.2 Å². The maximum Gasteiger partial charge on any atom is 0.282 e. The van der Waals surface area contributed by atoms with Crippen LogP contribution < -0.4 is 5.73 Å². The molecule has 0 saturated heterocycles. The number of nitrogens with two attached hydrogens (primary N) is 1. The van der Waals surface area contributed by atoms with Gasteiger partial charge in [-0.2, -0.15) is 0 Å². The highest BCUT2D eigenvalue weighted by molar-refractivity contribution is 7.99. The lowest BCUT2D eigenvalue weighted by atomic mass is 10.1. The maximum atomic E-state index is 5.78. The summed E-state index contributed by atoms with van der Waals surface area (Å²) in [6.45, 7) is 2.26. The van der Waals surface area contributed by atoms with E-state index >= 15 is 0 Å². The molecule has 0 aliphatic heterocycles. The first-order valence-corrected chi connectivity index (χ1v) is 6.77. The van der Waals surface area contributed by atoms with Crippen LogP contribution in [0.5, 0.6) is 0 Å². The van der Waals surface area contributed by atoms with Crippen LogP contribution in [0, 0.1) is 6.92 Å². The molecule has 1 aliphatic rings. The molecular weight excluding hydrogens is 248 g/mol. The normalized spacial score (nSPS) is 13.9. The van der Waals surface area contributed by atoms with Gasteiger partial charge in [-0.1, -0.05) is 6.07 Å². The summed E-state index contributed by atoms with van der Waals surface area (Å²) in [4.78, 5) is 4.68. The molecule has 0 amide bonds. The van der Waals surface area contributed by atoms with Crippen molar-refractivity contribution >= 4 is 11.8 Å². The number of hydrogen-bond donors (Lipinski definition) is 1. The van der Waals surface area contributed by atoms with Gasteiger partial charge in [0.15, 0.2) is 0 Å². The predicted molar refractivity (Wildman–Crippen MR) is 67.3 cm³/mol. The molecule has 0 atom stereocenters. The first-order chi connectivity index (χ1) is 8.76. The number of rotatable bonds is 3. The molecule has 0 radical (unpaired) electrons. The fraction of sp³-hybridized carbons (Fsp3) is 0.417. The molecule has 0 fully saturated rings. The highest BCUT2D eigenvalue weighted by Gasteiger charge is 2.17. The Balaban J connectivity index is 1.95. The van der Waals surface area contributed by atoms with Crippen LogP contribution in [0.3, 0.4) is 0 Å². The lowest BCUT2D eigenvalue weighted by Gasteiger charge is -2.07. The zero-order chi connectivity index (χ0) is 12.5. The van der Waals surface area contributed by atoms with E-state index in [2.05, 4.69) is 21.2 Å². The second-order valence-electron chi connectivity index (χ2n) is 4.31. The summed E-state index contributed by atoms with van der Waals surface area (Å²) in [6.07, 6.45) is 3.34. The smallest absolute Gasteiger partial charge is 0.282 e. The van der Waals surface area contributed by atoms with Crippen molar-refractivity contribution in [1.29, 1.82) is 0 Å². The van der Waals surface area contributed by atoms with Crippen molar-refractivity contribution < 1.29 is 4.42 Å². The van der Waals surface area contributed by atoms with E-state index in [1.807, 2.05) is 0 Å². The molecule has 1 aliphatic carbocycles. The van der Waals surface area contributed by atoms with Crippen LogP contribution in [-0.4, -0.2) is 15.2 Å². The Kier molecular flexibility index (Phi) is 3.05. The third kappa shape index (κ3) is 2.13. The van der Waals surface area contributed by atoms with Gasteiger partial charge in [-0.25, -0.2) is 4.98 Å². The van der Waals surface area contributed by atoms with Crippen LogP contribution in [0.2, 0.25) is 0 Å². The fourth-order valence-corrected chi connectivity index (χ4v) is 2.98. The summed E-state index contributed by atoms with van der Waals surface area (Å²) >= 11 is 1.39. The molecule has 3 rings (SSSR count). The standard InChI is InChI=1S/C12H14N4OS/c1-7-15-16-12(17-7)18-11-9(6-13)5-8-3-2-4-10(8)14-11/h5H,2-4,6,13H2,1H3. The minimum atomic E-state index is 0.482. The van der Waals surface area contributed by atoms with Crippen LogP contribution in [0.4, 0.5) is 0 Å². The number of hydrogen-bond acceptors (Lipinski definition) is 6. The third-order valence-corrected chi connectivity index (χ3v) is 3.89. The largest absolute Gasteiger partial charge is 0.416 e. The van der Waals surface area contributed by atoms with Crippen molar-refractivity contribution in [1.82, 2.24) is 15.2 Å². The summed E-state index contributed by atoms with van der Waals surface area (Å²) in [5.41, 5.74) is 9.36. The van der Waals surface area contributed by atoms with E-state index in [0.717, 1.165) is 23.4 Å². The molecule has 18 heavy (non-hydrogen) atoms. The molecule has 2 aromatic rings. The van der Waals surface area contributed by atoms with E-state index < -0.39 is 0 Å². The molecule has 0 unspecified atom stereocenters. The van der Waals surface area contributed by atoms with Gasteiger partial charge in [0, 0.05) is 19.2 Å². The van der Waals surface area contributed by atoms with Gasteiger partial charge in [0.05, 0.1) is 0 Å². The van der Waals surface area contributed by atoms with Crippen molar-refractivity contribution in [3.05, 3.63) is 28.8 Å². The molecule has 0 spiro atoms. The average molecular weight is 262 g/mol. The summed E-state index contributed by atoms with van der Waals surface area (Å²) in [5.74, 6) is 0.563. The molecule has 0 saturated carbocycles. The SMILES string of the molecule is Cc1nnc(Sc2nc3c(cc2CN)CCC3)o1. The molecule has 2 heterocycles. The van der Waals surface area contributed by atoms with Gasteiger partial charge >= 0.3 is 0 Å². The Morgan fingerprint density at radius 1 is 1.39 bits per heavy atom. The van der Waals surface area contributed by atoms with Crippen LogP contribution in [0.1, 0.15) is 29.1 Å². The number of fused-ring (bicyclic) bond motifs is 1. The number of aryl methyl sites for hydroxylation is 3. The summed E-state index contributed by atoms with van der Waals surface area (Å²) < 4.78 is 5.37. The predicted octanol–water partition coefficient (Wildman–Crippen LogP) is 1.87. The van der Waals surface area contributed by atoms with Gasteiger partial charge in [-0.05, 0) is 42.2 Å². The molecule has 6 heteroatoms. The van der Waals surface area contributed by atoms with E-state index in [1.54, 1.807) is 6.92 Å². The first-order valence-electron chi connectivity index (χ1n) is 5.96. The zero-order valence-corrected chi connectivity index (χ0v) is 11.0. The lowest BCUT2D eigenvalue weighted by Crippen LogP contribution is -2.03. The molecule has 2 N–H and O–H groups in total. The van der Waals surface area contributed by atoms with E-state index in [4.69, 9.17) is 10.2 Å². The third-order valence-electron chi connectivity index (χ3n) is 3.00. The molecular formula is C12H14N4OS. The number of aromatic nitrogens is 3. The summed E-state index contributed by atoms with van der Waals surface area (Å²) in [7, 11) is 0. The second kappa shape index (κ2) is 4.70. The highest BCUT2D eigenvalue weighted by Crippen LogP contribution is 2.31. The van der Waals surface area contributed by atoms with E-state index in [1.165, 1.54) is 29.4 Å². The van der Waals surface area contributed by atoms with E-state index in [0.29, 0.717) is 17.7 Å². The Hall–Kier alpha value is -1.40. The van der Waals surface area contributed by atoms with Crippen molar-refractivity contribution in [3.8, 4) is 0 Å². The molecule has 94 valence electrons. The van der Waals surface area contributed by atoms with Crippen LogP contribution in [0.15, 0.2) is 20.7 Å². The monoisotopic (exact) mass is 262 g/mol. The van der Waals surface area contributed by atoms with Crippen molar-refractivity contribution in [3.63, 3.8) is 0 Å². The molecule has 0 aromatic carbocycles. The minimum Gasteiger partial charge on any atom is -0.416 e. The van der Waals surface area contributed by atoms with Gasteiger partial charge in [0.25, 0.3) is 5.22 Å². The van der Waals surface area contributed by atoms with Gasteiger partial charge in [-0.15, -0.1) is 10.2 Å². The lowest BCUT2D eigenvalue weighted by molar-refractivity contribution is 0.429. The minimum absolute atomic E-state index is 0.482. The van der Waals surface area contributed by atoms with Gasteiger partial charge in [-0.3, -0.25) is 0 Å². The maximum absolute atomic E-state index is 5.78. The topological polar surface area (TPSA) is 77.8 Å². The fourth-order valence-electron chi connectivity index (χ4n) is 2.14. The van der Waals surface area contributed by atoms with Crippen LogP contribution in [-0.2, 0) is 19.4 Å². The summed E-state index contributed by atoms with van der Waals surface area (Å²) in [6, 6.07) is 2.17. The van der Waals surface area contributed by atoms with Crippen LogP contribution in [0.25, 0.3) is 0 Å². The molecule has 5 nitrogen and oxygen atoms in total. The van der Waals surface area contributed by atoms with E-state index in [-0.39, 0.29) is 0 Å². The number of nitrogens with zero attached hydrogens (tertiary/aromatic N) is 3. The second-order valence-corrected chi connectivity index (χ2v) is 5.25. The Bertz CT molecular complexity index is 581. The Morgan fingerprint density at radius 3 is 3.00 bits per heavy atom. The Morgan fingerprint density at radius 2 is 2.28 bits per heavy atom. The van der Waals surface area contributed by atoms with Crippen molar-refractivity contribution in [2.24, 2.45) is 5.73 Å².